The summed E-state index contributed by atoms with van der Waals surface area (Å²) in [5.74, 6) is 1.62. The zero-order chi connectivity index (χ0) is 12.1. The maximum Gasteiger partial charge on any atom is 0.320 e. The van der Waals surface area contributed by atoms with Crippen molar-refractivity contribution in [2.45, 2.75) is 19.8 Å². The average molecular weight is 239 g/mol. The topological polar surface area (TPSA) is 76.4 Å². The highest BCUT2D eigenvalue weighted by atomic mass is 16.5. The third-order valence-electron chi connectivity index (χ3n) is 2.76. The van der Waals surface area contributed by atoms with Crippen molar-refractivity contribution in [3.8, 4) is 0 Å². The smallest absolute Gasteiger partial charge is 0.320 e. The second-order valence-electron chi connectivity index (χ2n) is 4.21. The molecule has 1 aromatic rings. The summed E-state index contributed by atoms with van der Waals surface area (Å²) >= 11 is 0. The predicted octanol–water partition coefficient (Wildman–Crippen LogP) is 1.53. The van der Waals surface area contributed by atoms with E-state index in [9.17, 15) is 4.79 Å². The van der Waals surface area contributed by atoms with Crippen LogP contribution >= 0.6 is 0 Å². The maximum atomic E-state index is 11.5. The lowest BCUT2D eigenvalue weighted by Gasteiger charge is -2.21. The van der Waals surface area contributed by atoms with Crippen LogP contribution in [0.3, 0.4) is 0 Å². The van der Waals surface area contributed by atoms with Crippen LogP contribution in [-0.4, -0.2) is 30.9 Å². The molecule has 0 spiro atoms. The first-order valence-corrected chi connectivity index (χ1v) is 5.80. The van der Waals surface area contributed by atoms with E-state index in [1.807, 2.05) is 0 Å². The van der Waals surface area contributed by atoms with Crippen molar-refractivity contribution in [2.24, 2.45) is 5.92 Å². The van der Waals surface area contributed by atoms with Crippen molar-refractivity contribution in [1.82, 2.24) is 10.5 Å². The summed E-state index contributed by atoms with van der Waals surface area (Å²) in [6, 6.07) is 1.43. The number of anilines is 1. The van der Waals surface area contributed by atoms with E-state index in [1.54, 1.807) is 13.0 Å². The van der Waals surface area contributed by atoms with E-state index < -0.39 is 0 Å². The maximum absolute atomic E-state index is 11.5. The van der Waals surface area contributed by atoms with E-state index in [2.05, 4.69) is 15.8 Å². The number of rotatable bonds is 3. The number of aryl methyl sites for hydroxylation is 1. The fourth-order valence-corrected chi connectivity index (χ4v) is 1.77. The highest BCUT2D eigenvalue weighted by molar-refractivity contribution is 5.88. The van der Waals surface area contributed by atoms with Gasteiger partial charge in [-0.15, -0.1) is 0 Å². The number of hydrogen-bond donors (Lipinski definition) is 2. The zero-order valence-electron chi connectivity index (χ0n) is 9.86. The van der Waals surface area contributed by atoms with Crippen LogP contribution in [0.4, 0.5) is 10.6 Å². The predicted molar refractivity (Wildman–Crippen MR) is 61.8 cm³/mol. The highest BCUT2D eigenvalue weighted by Crippen LogP contribution is 2.13. The van der Waals surface area contributed by atoms with Gasteiger partial charge in [-0.2, -0.15) is 0 Å². The van der Waals surface area contributed by atoms with E-state index in [4.69, 9.17) is 9.26 Å². The Morgan fingerprint density at radius 2 is 2.29 bits per heavy atom. The summed E-state index contributed by atoms with van der Waals surface area (Å²) in [5, 5.41) is 9.12. The lowest BCUT2D eigenvalue weighted by atomic mass is 10.0. The Morgan fingerprint density at radius 1 is 1.53 bits per heavy atom. The molecule has 0 aliphatic carbocycles. The van der Waals surface area contributed by atoms with E-state index in [-0.39, 0.29) is 6.03 Å². The molecule has 2 heterocycles. The molecule has 17 heavy (non-hydrogen) atoms. The summed E-state index contributed by atoms with van der Waals surface area (Å²) < 4.78 is 10.1. The number of carbonyl (C=O) groups is 1. The zero-order valence-corrected chi connectivity index (χ0v) is 9.86. The lowest BCUT2D eigenvalue weighted by Crippen LogP contribution is -2.35. The number of aromatic nitrogens is 1. The van der Waals surface area contributed by atoms with E-state index in [0.29, 0.717) is 24.0 Å². The Hall–Kier alpha value is -1.56. The van der Waals surface area contributed by atoms with Gasteiger partial charge in [0.05, 0.1) is 0 Å². The Bertz CT molecular complexity index is 372. The van der Waals surface area contributed by atoms with Crippen molar-refractivity contribution in [1.29, 1.82) is 0 Å². The molecule has 0 bridgehead atoms. The first kappa shape index (κ1) is 11.9. The molecule has 2 N–H and O–H groups in total. The molecule has 0 aromatic carbocycles. The first-order valence-electron chi connectivity index (χ1n) is 5.80. The average Bonchev–Trinajstić information content (AvgIpc) is 2.73. The van der Waals surface area contributed by atoms with Crippen molar-refractivity contribution < 1.29 is 14.1 Å². The molecule has 6 nitrogen and oxygen atoms in total. The van der Waals surface area contributed by atoms with Gasteiger partial charge in [0.1, 0.15) is 5.76 Å². The molecular formula is C11H17N3O3. The molecule has 0 saturated carbocycles. The Labute approximate surface area is 99.7 Å². The summed E-state index contributed by atoms with van der Waals surface area (Å²) in [6.07, 6.45) is 2.01. The third-order valence-corrected chi connectivity index (χ3v) is 2.76. The van der Waals surface area contributed by atoms with Gasteiger partial charge in [0, 0.05) is 25.8 Å². The highest BCUT2D eigenvalue weighted by Gasteiger charge is 2.14. The largest absolute Gasteiger partial charge is 0.381 e. The quantitative estimate of drug-likeness (QED) is 0.838. The van der Waals surface area contributed by atoms with E-state index >= 15 is 0 Å². The van der Waals surface area contributed by atoms with Crippen LogP contribution in [0, 0.1) is 12.8 Å². The van der Waals surface area contributed by atoms with Crippen LogP contribution in [0.15, 0.2) is 10.6 Å². The molecule has 1 aliphatic heterocycles. The van der Waals surface area contributed by atoms with Crippen molar-refractivity contribution in [3.63, 3.8) is 0 Å². The molecule has 1 saturated heterocycles. The second-order valence-corrected chi connectivity index (χ2v) is 4.21. The summed E-state index contributed by atoms with van der Waals surface area (Å²) in [6.45, 7) is 4.02. The monoisotopic (exact) mass is 239 g/mol. The number of urea groups is 1. The molecule has 2 amide bonds. The summed E-state index contributed by atoms with van der Waals surface area (Å²) in [5.41, 5.74) is 0. The van der Waals surface area contributed by atoms with Gasteiger partial charge in [-0.05, 0) is 25.7 Å². The van der Waals surface area contributed by atoms with Gasteiger partial charge >= 0.3 is 6.03 Å². The fraction of sp³-hybridized carbons (Fsp3) is 0.636. The molecule has 0 atom stereocenters. The molecule has 1 aliphatic rings. The minimum Gasteiger partial charge on any atom is -0.381 e. The van der Waals surface area contributed by atoms with E-state index in [0.717, 1.165) is 26.1 Å². The minimum atomic E-state index is -0.246. The van der Waals surface area contributed by atoms with Crippen LogP contribution in [0.5, 0.6) is 0 Å². The molecule has 0 radical (unpaired) electrons. The molecule has 1 aromatic heterocycles. The van der Waals surface area contributed by atoms with Gasteiger partial charge in [-0.3, -0.25) is 5.32 Å². The number of nitrogens with one attached hydrogen (secondary N) is 2. The molecule has 1 fully saturated rings. The summed E-state index contributed by atoms with van der Waals surface area (Å²) in [7, 11) is 0. The van der Waals surface area contributed by atoms with Crippen LogP contribution in [0.1, 0.15) is 18.6 Å². The van der Waals surface area contributed by atoms with Gasteiger partial charge in [0.15, 0.2) is 5.82 Å². The van der Waals surface area contributed by atoms with E-state index in [1.165, 1.54) is 0 Å². The molecule has 6 heteroatoms. The SMILES string of the molecule is Cc1cc(NC(=O)NCC2CCOCC2)no1. The normalized spacial score (nSPS) is 16.8. The van der Waals surface area contributed by atoms with Gasteiger partial charge in [0.25, 0.3) is 0 Å². The summed E-state index contributed by atoms with van der Waals surface area (Å²) in [4.78, 5) is 11.5. The van der Waals surface area contributed by atoms with Crippen LogP contribution in [0.25, 0.3) is 0 Å². The second kappa shape index (κ2) is 5.67. The molecule has 0 unspecified atom stereocenters. The fourth-order valence-electron chi connectivity index (χ4n) is 1.77. The lowest BCUT2D eigenvalue weighted by molar-refractivity contribution is 0.0671. The number of nitrogens with zero attached hydrogens (tertiary/aromatic N) is 1. The standard InChI is InChI=1S/C11H17N3O3/c1-8-6-10(14-17-8)13-11(15)12-7-9-2-4-16-5-3-9/h6,9H,2-5,7H2,1H3,(H2,12,13,14,15). The Kier molecular flexibility index (Phi) is 3.98. The minimum absolute atomic E-state index is 0.246. The van der Waals surface area contributed by atoms with Crippen molar-refractivity contribution in [3.05, 3.63) is 11.8 Å². The number of hydrogen-bond acceptors (Lipinski definition) is 4. The number of carbonyl (C=O) groups excluding carboxylic acids is 1. The molecule has 2 rings (SSSR count). The van der Waals surface area contributed by atoms with Crippen molar-refractivity contribution >= 4 is 11.8 Å². The van der Waals surface area contributed by atoms with Gasteiger partial charge in [-0.25, -0.2) is 4.79 Å². The van der Waals surface area contributed by atoms with Crippen LogP contribution in [-0.2, 0) is 4.74 Å². The number of ether oxygens (including phenoxy) is 1. The number of amides is 2. The van der Waals surface area contributed by atoms with Crippen molar-refractivity contribution in [2.75, 3.05) is 25.1 Å². The van der Waals surface area contributed by atoms with Gasteiger partial charge in [0.2, 0.25) is 0 Å². The van der Waals surface area contributed by atoms with Gasteiger partial charge < -0.3 is 14.6 Å². The first-order chi connectivity index (χ1) is 8.24. The molecule has 94 valence electrons. The Morgan fingerprint density at radius 3 is 2.94 bits per heavy atom. The van der Waals surface area contributed by atoms with Crippen LogP contribution < -0.4 is 10.6 Å². The van der Waals surface area contributed by atoms with Crippen LogP contribution in [0.2, 0.25) is 0 Å². The third kappa shape index (κ3) is 3.74. The molecular weight excluding hydrogens is 222 g/mol. The Balaban J connectivity index is 1.70. The van der Waals surface area contributed by atoms with Gasteiger partial charge in [-0.1, -0.05) is 5.16 Å².